The highest BCUT2D eigenvalue weighted by Gasteiger charge is 2.26. The quantitative estimate of drug-likeness (QED) is 0.601. The molecule has 1 atom stereocenters. The van der Waals surface area contributed by atoms with Crippen LogP contribution < -0.4 is 4.90 Å². The molecule has 31 heavy (non-hydrogen) atoms. The van der Waals surface area contributed by atoms with Crippen molar-refractivity contribution in [3.63, 3.8) is 0 Å². The predicted molar refractivity (Wildman–Crippen MR) is 118 cm³/mol. The number of hydrogen-bond donors (Lipinski definition) is 1. The van der Waals surface area contributed by atoms with E-state index in [0.29, 0.717) is 24.5 Å². The normalized spacial score (nSPS) is 16.3. The maximum absolute atomic E-state index is 13.2. The van der Waals surface area contributed by atoms with Crippen LogP contribution in [0.25, 0.3) is 0 Å². The van der Waals surface area contributed by atoms with Crippen LogP contribution in [0.2, 0.25) is 0 Å². The molecule has 0 amide bonds. The van der Waals surface area contributed by atoms with E-state index in [9.17, 15) is 14.3 Å². The summed E-state index contributed by atoms with van der Waals surface area (Å²) in [6.45, 7) is 0.862. The Bertz CT molecular complexity index is 1020. The molecule has 2 heterocycles. The maximum atomic E-state index is 13.2. The molecule has 0 bridgehead atoms. The number of nitrogens with zero attached hydrogens (tertiary/aromatic N) is 3. The van der Waals surface area contributed by atoms with Gasteiger partial charge >= 0.3 is 5.97 Å². The van der Waals surface area contributed by atoms with E-state index in [4.69, 9.17) is 4.98 Å². The number of aromatic carboxylic acids is 1. The van der Waals surface area contributed by atoms with Crippen LogP contribution in [-0.4, -0.2) is 33.6 Å². The van der Waals surface area contributed by atoms with Gasteiger partial charge in [0.1, 0.15) is 5.82 Å². The molecule has 6 heteroatoms. The number of aromatic nitrogens is 2. The summed E-state index contributed by atoms with van der Waals surface area (Å²) in [7, 11) is 0. The van der Waals surface area contributed by atoms with Crippen LogP contribution in [0.4, 0.5) is 10.3 Å². The number of anilines is 1. The third-order valence-corrected chi connectivity index (χ3v) is 5.85. The van der Waals surface area contributed by atoms with Crippen LogP contribution in [0.5, 0.6) is 0 Å². The second-order valence-corrected chi connectivity index (χ2v) is 7.99. The smallest absolute Gasteiger partial charge is 0.339 e. The van der Waals surface area contributed by atoms with E-state index < -0.39 is 5.97 Å². The minimum Gasteiger partial charge on any atom is -0.478 e. The Morgan fingerprint density at radius 2 is 1.81 bits per heavy atom. The average molecular weight is 420 g/mol. The van der Waals surface area contributed by atoms with Crippen molar-refractivity contribution in [2.75, 3.05) is 11.4 Å². The lowest BCUT2D eigenvalue weighted by Crippen LogP contribution is -2.42. The summed E-state index contributed by atoms with van der Waals surface area (Å²) in [5.74, 6) is -0.714. The number of aryl methyl sites for hydroxylation is 2. The summed E-state index contributed by atoms with van der Waals surface area (Å²) in [4.78, 5) is 23.1. The number of hydrogen-bond acceptors (Lipinski definition) is 4. The van der Waals surface area contributed by atoms with Crippen molar-refractivity contribution in [2.45, 2.75) is 44.6 Å². The molecule has 3 aromatic rings. The van der Waals surface area contributed by atoms with E-state index in [-0.39, 0.29) is 17.4 Å². The molecule has 0 radical (unpaired) electrons. The minimum atomic E-state index is -1.03. The van der Waals surface area contributed by atoms with Gasteiger partial charge in [0.25, 0.3) is 0 Å². The second-order valence-electron chi connectivity index (χ2n) is 7.99. The largest absolute Gasteiger partial charge is 0.478 e. The first-order valence-electron chi connectivity index (χ1n) is 10.7. The Morgan fingerprint density at radius 1 is 1.03 bits per heavy atom. The first kappa shape index (κ1) is 21.0. The molecule has 1 fully saturated rings. The third kappa shape index (κ3) is 5.26. The fourth-order valence-corrected chi connectivity index (χ4v) is 4.19. The van der Waals surface area contributed by atoms with Gasteiger partial charge in [-0.05, 0) is 61.8 Å². The van der Waals surface area contributed by atoms with Gasteiger partial charge in [0, 0.05) is 18.8 Å². The van der Waals surface area contributed by atoms with E-state index in [0.717, 1.165) is 31.4 Å². The van der Waals surface area contributed by atoms with Gasteiger partial charge in [-0.3, -0.25) is 0 Å². The fourth-order valence-electron chi connectivity index (χ4n) is 4.19. The lowest BCUT2D eigenvalue weighted by atomic mass is 9.96. The van der Waals surface area contributed by atoms with E-state index in [1.807, 2.05) is 18.2 Å². The Hall–Kier alpha value is -3.28. The summed E-state index contributed by atoms with van der Waals surface area (Å²) in [6, 6.07) is 16.9. The summed E-state index contributed by atoms with van der Waals surface area (Å²) < 4.78 is 13.2. The maximum Gasteiger partial charge on any atom is 0.339 e. The summed E-state index contributed by atoms with van der Waals surface area (Å²) >= 11 is 0. The summed E-state index contributed by atoms with van der Waals surface area (Å²) in [6.07, 6.45) is 6.68. The van der Waals surface area contributed by atoms with E-state index in [2.05, 4.69) is 22.0 Å². The first-order valence-corrected chi connectivity index (χ1v) is 10.7. The van der Waals surface area contributed by atoms with Crippen molar-refractivity contribution in [3.05, 3.63) is 89.0 Å². The van der Waals surface area contributed by atoms with Gasteiger partial charge in [0.05, 0.1) is 11.3 Å². The molecule has 2 aromatic carbocycles. The van der Waals surface area contributed by atoms with Gasteiger partial charge in [0.15, 0.2) is 0 Å². The van der Waals surface area contributed by atoms with Crippen LogP contribution in [0.3, 0.4) is 0 Å². The fraction of sp³-hybridized carbons (Fsp3) is 0.320. The van der Waals surface area contributed by atoms with Gasteiger partial charge in [-0.2, -0.15) is 0 Å². The van der Waals surface area contributed by atoms with Crippen LogP contribution in [0.1, 0.15) is 46.4 Å². The molecule has 0 aliphatic carbocycles. The Kier molecular flexibility index (Phi) is 6.55. The molecular formula is C25H26FN3O2. The topological polar surface area (TPSA) is 66.3 Å². The molecule has 0 spiro atoms. The molecule has 1 unspecified atom stereocenters. The van der Waals surface area contributed by atoms with Crippen LogP contribution in [-0.2, 0) is 19.3 Å². The number of halogens is 1. The monoisotopic (exact) mass is 419 g/mol. The predicted octanol–water partition coefficient (Wildman–Crippen LogP) is 4.70. The molecule has 160 valence electrons. The number of piperidine rings is 1. The van der Waals surface area contributed by atoms with Gasteiger partial charge < -0.3 is 10.0 Å². The van der Waals surface area contributed by atoms with Crippen LogP contribution in [0, 0.1) is 5.82 Å². The highest BCUT2D eigenvalue weighted by molar-refractivity contribution is 5.88. The summed E-state index contributed by atoms with van der Waals surface area (Å²) in [5.41, 5.74) is 2.87. The number of carbonyl (C=O) groups is 1. The Labute approximate surface area is 181 Å². The molecule has 1 saturated heterocycles. The zero-order chi connectivity index (χ0) is 21.6. The molecule has 0 saturated carbocycles. The van der Waals surface area contributed by atoms with E-state index >= 15 is 0 Å². The molecule has 5 nitrogen and oxygen atoms in total. The Morgan fingerprint density at radius 3 is 2.55 bits per heavy atom. The Balaban J connectivity index is 1.57. The zero-order valence-electron chi connectivity index (χ0n) is 17.4. The number of rotatable bonds is 7. The van der Waals surface area contributed by atoms with Crippen molar-refractivity contribution >= 4 is 11.9 Å². The van der Waals surface area contributed by atoms with Crippen LogP contribution >= 0.6 is 0 Å². The van der Waals surface area contributed by atoms with Crippen molar-refractivity contribution in [1.29, 1.82) is 0 Å². The van der Waals surface area contributed by atoms with Crippen molar-refractivity contribution in [3.8, 4) is 0 Å². The van der Waals surface area contributed by atoms with Crippen molar-refractivity contribution in [2.24, 2.45) is 0 Å². The van der Waals surface area contributed by atoms with Gasteiger partial charge in [-0.15, -0.1) is 0 Å². The van der Waals surface area contributed by atoms with Crippen molar-refractivity contribution < 1.29 is 14.3 Å². The lowest BCUT2D eigenvalue weighted by Gasteiger charge is -2.36. The summed E-state index contributed by atoms with van der Waals surface area (Å²) in [5, 5.41) is 9.60. The van der Waals surface area contributed by atoms with Gasteiger partial charge in [-0.1, -0.05) is 42.5 Å². The minimum absolute atomic E-state index is 0.127. The molecule has 4 rings (SSSR count). The average Bonchev–Trinajstić information content (AvgIpc) is 2.79. The highest BCUT2D eigenvalue weighted by Crippen LogP contribution is 2.25. The van der Waals surface area contributed by atoms with E-state index in [1.54, 1.807) is 12.1 Å². The first-order chi connectivity index (χ1) is 15.1. The zero-order valence-corrected chi connectivity index (χ0v) is 17.4. The van der Waals surface area contributed by atoms with E-state index in [1.165, 1.54) is 30.3 Å². The SMILES string of the molecule is O=C(O)c1cnc(N2CCCCC2Cc2ccccc2)nc1CCc1ccc(F)cc1. The van der Waals surface area contributed by atoms with Gasteiger partial charge in [0.2, 0.25) is 5.95 Å². The molecular weight excluding hydrogens is 393 g/mol. The number of benzene rings is 2. The second kappa shape index (κ2) is 9.69. The highest BCUT2D eigenvalue weighted by atomic mass is 19.1. The number of carboxylic acid groups (broad SMARTS) is 1. The molecule has 1 aromatic heterocycles. The van der Waals surface area contributed by atoms with Crippen molar-refractivity contribution in [1.82, 2.24) is 9.97 Å². The number of carboxylic acids is 1. The third-order valence-electron chi connectivity index (χ3n) is 5.85. The van der Waals surface area contributed by atoms with Crippen LogP contribution in [0.15, 0.2) is 60.8 Å². The molecule has 1 aliphatic heterocycles. The molecule has 1 N–H and O–H groups in total. The molecule has 1 aliphatic rings. The lowest BCUT2D eigenvalue weighted by molar-refractivity contribution is 0.0694. The van der Waals surface area contributed by atoms with Gasteiger partial charge in [-0.25, -0.2) is 19.2 Å². The standard InChI is InChI=1S/C25H26FN3O2/c26-20-12-9-18(10-13-20)11-14-23-22(24(30)31)17-27-25(28-23)29-15-5-4-8-21(29)16-19-6-2-1-3-7-19/h1-3,6-7,9-10,12-13,17,21H,4-5,8,11,14-16H2,(H,30,31).